The third-order valence-electron chi connectivity index (χ3n) is 5.01. The summed E-state index contributed by atoms with van der Waals surface area (Å²) in [7, 11) is 0. The second-order valence-corrected chi connectivity index (χ2v) is 7.75. The molecule has 0 radical (unpaired) electrons. The average molecular weight is 391 g/mol. The fourth-order valence-electron chi connectivity index (χ4n) is 3.41. The Labute approximate surface area is 165 Å². The van der Waals surface area contributed by atoms with Crippen molar-refractivity contribution >= 4 is 29.1 Å². The molecule has 1 atom stereocenters. The highest BCUT2D eigenvalue weighted by Crippen LogP contribution is 2.25. The lowest BCUT2D eigenvalue weighted by atomic mass is 9.95. The number of nitrogens with zero attached hydrogens (tertiary/aromatic N) is 1. The van der Waals surface area contributed by atoms with E-state index in [1.165, 1.54) is 0 Å². The number of rotatable bonds is 5. The Morgan fingerprint density at radius 3 is 2.46 bits per heavy atom. The van der Waals surface area contributed by atoms with Gasteiger partial charge < -0.3 is 5.32 Å². The predicted octanol–water partition coefficient (Wildman–Crippen LogP) is 5.08. The van der Waals surface area contributed by atoms with Gasteiger partial charge in [0.15, 0.2) is 0 Å². The van der Waals surface area contributed by atoms with Gasteiger partial charge in [-0.2, -0.15) is 0 Å². The van der Waals surface area contributed by atoms with Crippen molar-refractivity contribution in [1.29, 1.82) is 0 Å². The van der Waals surface area contributed by atoms with Crippen LogP contribution in [0.1, 0.15) is 36.9 Å². The average Bonchev–Trinajstić information content (AvgIpc) is 2.66. The van der Waals surface area contributed by atoms with Crippen LogP contribution >= 0.6 is 23.2 Å². The number of hydrogen-bond acceptors (Lipinski definition) is 2. The monoisotopic (exact) mass is 390 g/mol. The Morgan fingerprint density at radius 1 is 1.12 bits per heavy atom. The highest BCUT2D eigenvalue weighted by molar-refractivity contribution is 6.42. The molecule has 1 fully saturated rings. The summed E-state index contributed by atoms with van der Waals surface area (Å²) in [5, 5.41) is 4.33. The zero-order valence-corrected chi connectivity index (χ0v) is 16.4. The number of halogens is 2. The number of nitrogens with one attached hydrogen (secondary N) is 1. The molecule has 5 heteroatoms. The number of carbonyl (C=O) groups excluding carboxylic acids is 1. The van der Waals surface area contributed by atoms with Gasteiger partial charge in [0.2, 0.25) is 5.91 Å². The first-order valence-electron chi connectivity index (χ1n) is 9.04. The molecular formula is C21H24Cl2N2O. The van der Waals surface area contributed by atoms with Crippen molar-refractivity contribution in [3.05, 3.63) is 69.7 Å². The van der Waals surface area contributed by atoms with E-state index in [2.05, 4.69) is 10.2 Å². The fourth-order valence-corrected chi connectivity index (χ4v) is 3.73. The van der Waals surface area contributed by atoms with E-state index in [0.29, 0.717) is 10.0 Å². The third-order valence-corrected chi connectivity index (χ3v) is 5.75. The first-order valence-corrected chi connectivity index (χ1v) is 9.80. The molecule has 1 aliphatic heterocycles. The lowest BCUT2D eigenvalue weighted by Crippen LogP contribution is -2.40. The van der Waals surface area contributed by atoms with Crippen LogP contribution in [0.5, 0.6) is 0 Å². The number of hydrogen-bond donors (Lipinski definition) is 1. The van der Waals surface area contributed by atoms with E-state index in [1.54, 1.807) is 0 Å². The summed E-state index contributed by atoms with van der Waals surface area (Å²) >= 11 is 12.1. The van der Waals surface area contributed by atoms with Gasteiger partial charge in [-0.3, -0.25) is 9.69 Å². The minimum absolute atomic E-state index is 0.0398. The SMILES string of the molecule is C[C@@H](NC(=O)C1CCN(Cc2ccc(Cl)c(Cl)c2)CC1)c1ccccc1. The van der Waals surface area contributed by atoms with E-state index >= 15 is 0 Å². The summed E-state index contributed by atoms with van der Waals surface area (Å²) < 4.78 is 0. The molecule has 26 heavy (non-hydrogen) atoms. The maximum absolute atomic E-state index is 12.6. The molecule has 0 aromatic heterocycles. The van der Waals surface area contributed by atoms with E-state index in [4.69, 9.17) is 23.2 Å². The van der Waals surface area contributed by atoms with Gasteiger partial charge in [0.1, 0.15) is 0 Å². The normalized spacial score (nSPS) is 17.0. The first kappa shape index (κ1) is 19.2. The van der Waals surface area contributed by atoms with E-state index < -0.39 is 0 Å². The van der Waals surface area contributed by atoms with Gasteiger partial charge in [0.25, 0.3) is 0 Å². The maximum Gasteiger partial charge on any atom is 0.223 e. The molecule has 0 saturated carbocycles. The van der Waals surface area contributed by atoms with Crippen LogP contribution in [0.15, 0.2) is 48.5 Å². The molecule has 1 saturated heterocycles. The van der Waals surface area contributed by atoms with Gasteiger partial charge in [0, 0.05) is 12.5 Å². The molecule has 0 bridgehead atoms. The standard InChI is InChI=1S/C21H24Cl2N2O/c1-15(17-5-3-2-4-6-17)24-21(26)18-9-11-25(12-10-18)14-16-7-8-19(22)20(23)13-16/h2-8,13,15,18H,9-12,14H2,1H3,(H,24,26)/t15-/m1/s1. The second-order valence-electron chi connectivity index (χ2n) is 6.94. The van der Waals surface area contributed by atoms with Gasteiger partial charge in [-0.1, -0.05) is 59.6 Å². The molecule has 2 aromatic rings. The number of carbonyl (C=O) groups is 1. The Morgan fingerprint density at radius 2 is 1.81 bits per heavy atom. The lowest BCUT2D eigenvalue weighted by molar-refractivity contribution is -0.127. The molecule has 1 heterocycles. The predicted molar refractivity (Wildman–Crippen MR) is 107 cm³/mol. The van der Waals surface area contributed by atoms with Crippen LogP contribution in [0.25, 0.3) is 0 Å². The molecule has 1 amide bonds. The van der Waals surface area contributed by atoms with Crippen LogP contribution in [0.2, 0.25) is 10.0 Å². The maximum atomic E-state index is 12.6. The van der Waals surface area contributed by atoms with Gasteiger partial charge in [0.05, 0.1) is 16.1 Å². The number of likely N-dealkylation sites (tertiary alicyclic amines) is 1. The molecule has 0 unspecified atom stereocenters. The Hall–Kier alpha value is -1.55. The number of piperidine rings is 1. The highest BCUT2D eigenvalue weighted by atomic mass is 35.5. The van der Waals surface area contributed by atoms with E-state index in [0.717, 1.165) is 43.6 Å². The molecule has 0 spiro atoms. The van der Waals surface area contributed by atoms with Crippen molar-refractivity contribution in [3.8, 4) is 0 Å². The van der Waals surface area contributed by atoms with Crippen LogP contribution in [0.4, 0.5) is 0 Å². The Bertz CT molecular complexity index is 743. The van der Waals surface area contributed by atoms with Crippen LogP contribution in [0, 0.1) is 5.92 Å². The zero-order valence-electron chi connectivity index (χ0n) is 14.9. The van der Waals surface area contributed by atoms with Crippen molar-refractivity contribution in [2.75, 3.05) is 13.1 Å². The van der Waals surface area contributed by atoms with Crippen molar-refractivity contribution in [1.82, 2.24) is 10.2 Å². The van der Waals surface area contributed by atoms with Crippen molar-refractivity contribution in [2.24, 2.45) is 5.92 Å². The molecular weight excluding hydrogens is 367 g/mol. The van der Waals surface area contributed by atoms with Gasteiger partial charge in [-0.15, -0.1) is 0 Å². The lowest BCUT2D eigenvalue weighted by Gasteiger charge is -2.32. The van der Waals surface area contributed by atoms with E-state index in [9.17, 15) is 4.79 Å². The van der Waals surface area contributed by atoms with Gasteiger partial charge in [-0.25, -0.2) is 0 Å². The van der Waals surface area contributed by atoms with Crippen molar-refractivity contribution in [2.45, 2.75) is 32.4 Å². The second kappa shape index (κ2) is 8.90. The van der Waals surface area contributed by atoms with Crippen LogP contribution < -0.4 is 5.32 Å². The largest absolute Gasteiger partial charge is 0.349 e. The fraction of sp³-hybridized carbons (Fsp3) is 0.381. The van der Waals surface area contributed by atoms with E-state index in [1.807, 2.05) is 55.5 Å². The first-order chi connectivity index (χ1) is 12.5. The van der Waals surface area contributed by atoms with E-state index in [-0.39, 0.29) is 17.9 Å². The summed E-state index contributed by atoms with van der Waals surface area (Å²) in [6.07, 6.45) is 1.77. The molecule has 2 aromatic carbocycles. The minimum atomic E-state index is 0.0398. The molecule has 3 rings (SSSR count). The highest BCUT2D eigenvalue weighted by Gasteiger charge is 2.26. The summed E-state index contributed by atoms with van der Waals surface area (Å²) in [6, 6.07) is 15.9. The Balaban J connectivity index is 1.48. The zero-order chi connectivity index (χ0) is 18.5. The van der Waals surface area contributed by atoms with Gasteiger partial charge >= 0.3 is 0 Å². The Kier molecular flexibility index (Phi) is 6.58. The molecule has 0 aliphatic carbocycles. The molecule has 3 nitrogen and oxygen atoms in total. The summed E-state index contributed by atoms with van der Waals surface area (Å²) in [6.45, 7) is 4.70. The molecule has 1 aliphatic rings. The topological polar surface area (TPSA) is 32.3 Å². The quantitative estimate of drug-likeness (QED) is 0.771. The molecule has 1 N–H and O–H groups in total. The summed E-state index contributed by atoms with van der Waals surface area (Å²) in [5.74, 6) is 0.252. The smallest absolute Gasteiger partial charge is 0.223 e. The summed E-state index contributed by atoms with van der Waals surface area (Å²) in [5.41, 5.74) is 2.29. The molecule has 138 valence electrons. The number of benzene rings is 2. The van der Waals surface area contributed by atoms with Crippen LogP contribution in [-0.4, -0.2) is 23.9 Å². The van der Waals surface area contributed by atoms with Crippen molar-refractivity contribution < 1.29 is 4.79 Å². The minimum Gasteiger partial charge on any atom is -0.349 e. The van der Waals surface area contributed by atoms with Crippen molar-refractivity contribution in [3.63, 3.8) is 0 Å². The van der Waals surface area contributed by atoms with Gasteiger partial charge in [-0.05, 0) is 56.1 Å². The van der Waals surface area contributed by atoms with Crippen LogP contribution in [-0.2, 0) is 11.3 Å². The third kappa shape index (κ3) is 5.00. The summed E-state index contributed by atoms with van der Waals surface area (Å²) in [4.78, 5) is 14.9. The van der Waals surface area contributed by atoms with Crippen LogP contribution in [0.3, 0.4) is 0 Å². The number of amides is 1.